The third-order valence-corrected chi connectivity index (χ3v) is 12.5. The van der Waals surface area contributed by atoms with E-state index in [0.29, 0.717) is 56.5 Å². The van der Waals surface area contributed by atoms with Crippen LogP contribution in [0.4, 0.5) is 4.79 Å². The molecule has 4 heterocycles. The largest absolute Gasteiger partial charge is 0.342 e. The van der Waals surface area contributed by atoms with Crippen molar-refractivity contribution in [3.05, 3.63) is 0 Å². The van der Waals surface area contributed by atoms with E-state index in [0.717, 1.165) is 58.2 Å². The molecule has 3 N–H and O–H groups in total. The van der Waals surface area contributed by atoms with Crippen LogP contribution in [0.2, 0.25) is 0 Å². The molecule has 4 saturated heterocycles. The van der Waals surface area contributed by atoms with Gasteiger partial charge >= 0.3 is 6.03 Å². The van der Waals surface area contributed by atoms with Gasteiger partial charge in [0.05, 0.1) is 11.2 Å². The molecule has 0 spiro atoms. The Morgan fingerprint density at radius 2 is 1.50 bits per heavy atom. The molecule has 4 aliphatic heterocycles. The molecule has 4 unspecified atom stereocenters. The van der Waals surface area contributed by atoms with Crippen molar-refractivity contribution in [1.29, 1.82) is 0 Å². The lowest BCUT2D eigenvalue weighted by atomic mass is 9.74. The zero-order valence-corrected chi connectivity index (χ0v) is 24.1. The van der Waals surface area contributed by atoms with Crippen molar-refractivity contribution < 1.29 is 18.0 Å². The van der Waals surface area contributed by atoms with Crippen LogP contribution in [0.25, 0.3) is 0 Å². The van der Waals surface area contributed by atoms with Crippen molar-refractivity contribution in [1.82, 2.24) is 30.3 Å². The second-order valence-electron chi connectivity index (χ2n) is 12.4. The van der Waals surface area contributed by atoms with Gasteiger partial charge in [0.2, 0.25) is 15.9 Å². The van der Waals surface area contributed by atoms with Crippen LogP contribution >= 0.6 is 0 Å². The van der Waals surface area contributed by atoms with Gasteiger partial charge in [0, 0.05) is 57.9 Å². The summed E-state index contributed by atoms with van der Waals surface area (Å²) in [6.07, 6.45) is 10.1. The maximum atomic E-state index is 13.5. The molecule has 4 atom stereocenters. The van der Waals surface area contributed by atoms with Crippen LogP contribution in [-0.2, 0) is 14.8 Å². The van der Waals surface area contributed by atoms with Gasteiger partial charge in [-0.15, -0.1) is 0 Å². The van der Waals surface area contributed by atoms with E-state index in [1.165, 1.54) is 6.42 Å². The first kappa shape index (κ1) is 28.1. The maximum absolute atomic E-state index is 13.5. The van der Waals surface area contributed by atoms with E-state index in [-0.39, 0.29) is 35.3 Å². The number of fused-ring (bicyclic) bond motifs is 1. The van der Waals surface area contributed by atoms with Gasteiger partial charge in [-0.2, -0.15) is 0 Å². The van der Waals surface area contributed by atoms with E-state index in [1.807, 2.05) is 0 Å². The second kappa shape index (κ2) is 12.0. The highest BCUT2D eigenvalue weighted by molar-refractivity contribution is 7.89. The normalized spacial score (nSPS) is 36.0. The van der Waals surface area contributed by atoms with Crippen LogP contribution in [-0.4, -0.2) is 97.7 Å². The van der Waals surface area contributed by atoms with Gasteiger partial charge in [-0.3, -0.25) is 10.2 Å². The molecule has 5 aliphatic rings. The Labute approximate surface area is 228 Å². The van der Waals surface area contributed by atoms with E-state index < -0.39 is 10.0 Å². The number of hydrogen-bond donors (Lipinski definition) is 3. The van der Waals surface area contributed by atoms with Gasteiger partial charge in [-0.25, -0.2) is 22.5 Å². The van der Waals surface area contributed by atoms with Crippen LogP contribution in [0, 0.1) is 17.8 Å². The standard InChI is InChI=1S/C27H48N6O4S/c1-19-25(26(34)31-13-4-3-5-14-31)24-18-21(12-17-33(24)30-19)20-10-15-32(16-11-20)38(36,37)23-8-6-22(7-9-23)29-27(35)28-2/h19-25,30H,3-18H2,1-2H3,(H2,28,29,35). The zero-order valence-electron chi connectivity index (χ0n) is 23.2. The summed E-state index contributed by atoms with van der Waals surface area (Å²) in [6, 6.07) is 0.269. The average molecular weight is 553 g/mol. The zero-order chi connectivity index (χ0) is 26.9. The number of hydrogen-bond acceptors (Lipinski definition) is 6. The molecule has 0 bridgehead atoms. The number of nitrogens with one attached hydrogen (secondary N) is 3. The number of hydrazine groups is 1. The molecule has 3 amide bonds. The number of carbonyl (C=O) groups is 2. The van der Waals surface area contributed by atoms with Crippen molar-refractivity contribution in [2.75, 3.05) is 39.8 Å². The minimum Gasteiger partial charge on any atom is -0.342 e. The number of rotatable bonds is 5. The number of likely N-dealkylation sites (tertiary alicyclic amines) is 1. The van der Waals surface area contributed by atoms with Crippen molar-refractivity contribution in [2.24, 2.45) is 17.8 Å². The molecular formula is C27H48N6O4S. The fourth-order valence-corrected chi connectivity index (χ4v) is 9.92. The molecule has 1 saturated carbocycles. The maximum Gasteiger partial charge on any atom is 0.314 e. The van der Waals surface area contributed by atoms with Crippen molar-refractivity contribution >= 4 is 22.0 Å². The lowest BCUT2D eigenvalue weighted by molar-refractivity contribution is -0.138. The van der Waals surface area contributed by atoms with Gasteiger partial charge in [-0.05, 0) is 89.4 Å². The molecule has 0 aromatic carbocycles. The number of urea groups is 1. The Hall–Kier alpha value is -1.43. The molecule has 38 heavy (non-hydrogen) atoms. The summed E-state index contributed by atoms with van der Waals surface area (Å²) in [5, 5.41) is 7.49. The summed E-state index contributed by atoms with van der Waals surface area (Å²) in [5.41, 5.74) is 3.60. The monoisotopic (exact) mass is 552 g/mol. The number of carbonyl (C=O) groups excluding carboxylic acids is 2. The Morgan fingerprint density at radius 3 is 2.16 bits per heavy atom. The highest BCUT2D eigenvalue weighted by Gasteiger charge is 2.49. The van der Waals surface area contributed by atoms with Crippen LogP contribution in [0.3, 0.4) is 0 Å². The van der Waals surface area contributed by atoms with Gasteiger partial charge in [0.15, 0.2) is 0 Å². The highest BCUT2D eigenvalue weighted by atomic mass is 32.2. The van der Waals surface area contributed by atoms with E-state index >= 15 is 0 Å². The summed E-state index contributed by atoms with van der Waals surface area (Å²) >= 11 is 0. The Bertz CT molecular complexity index is 941. The molecule has 216 valence electrons. The van der Waals surface area contributed by atoms with Crippen LogP contribution in [0.15, 0.2) is 0 Å². The van der Waals surface area contributed by atoms with E-state index in [4.69, 9.17) is 0 Å². The molecule has 0 aromatic heterocycles. The Morgan fingerprint density at radius 1 is 0.842 bits per heavy atom. The van der Waals surface area contributed by atoms with Gasteiger partial charge in [-0.1, -0.05) is 0 Å². The molecule has 10 nitrogen and oxygen atoms in total. The molecule has 5 fully saturated rings. The van der Waals surface area contributed by atoms with Gasteiger partial charge in [0.1, 0.15) is 0 Å². The molecular weight excluding hydrogens is 504 g/mol. The van der Waals surface area contributed by atoms with Crippen LogP contribution in [0.5, 0.6) is 0 Å². The fourth-order valence-electron chi connectivity index (χ4n) is 7.91. The minimum absolute atomic E-state index is 0.0179. The van der Waals surface area contributed by atoms with Gasteiger partial charge in [0.25, 0.3) is 0 Å². The number of piperidine rings is 3. The summed E-state index contributed by atoms with van der Waals surface area (Å²) in [6.45, 7) is 6.15. The Kier molecular flexibility index (Phi) is 8.86. The SMILES string of the molecule is CNC(=O)NC1CCC(S(=O)(=O)N2CCC(C3CCN4NC(C)C(C(=O)N5CCCCC5)C4C3)CC2)CC1. The molecule has 1 aliphatic carbocycles. The summed E-state index contributed by atoms with van der Waals surface area (Å²) in [5.74, 6) is 1.43. The number of sulfonamides is 1. The second-order valence-corrected chi connectivity index (χ2v) is 14.6. The third-order valence-electron chi connectivity index (χ3n) is 10.1. The summed E-state index contributed by atoms with van der Waals surface area (Å²) < 4.78 is 28.6. The quantitative estimate of drug-likeness (QED) is 0.480. The van der Waals surface area contributed by atoms with E-state index in [1.54, 1.807) is 11.4 Å². The van der Waals surface area contributed by atoms with Gasteiger partial charge < -0.3 is 15.5 Å². The Balaban J connectivity index is 1.13. The van der Waals surface area contributed by atoms with E-state index in [2.05, 4.69) is 32.9 Å². The van der Waals surface area contributed by atoms with Crippen LogP contribution in [0.1, 0.15) is 77.6 Å². The van der Waals surface area contributed by atoms with Crippen molar-refractivity contribution in [2.45, 2.75) is 101 Å². The third kappa shape index (κ3) is 5.86. The van der Waals surface area contributed by atoms with Crippen molar-refractivity contribution in [3.63, 3.8) is 0 Å². The lowest BCUT2D eigenvalue weighted by Crippen LogP contribution is -2.51. The topological polar surface area (TPSA) is 114 Å². The summed E-state index contributed by atoms with van der Waals surface area (Å²) in [7, 11) is -1.72. The molecule has 0 aromatic rings. The smallest absolute Gasteiger partial charge is 0.314 e. The first-order chi connectivity index (χ1) is 18.3. The predicted molar refractivity (Wildman–Crippen MR) is 147 cm³/mol. The lowest BCUT2D eigenvalue weighted by Gasteiger charge is -2.43. The highest BCUT2D eigenvalue weighted by Crippen LogP contribution is 2.41. The fraction of sp³-hybridized carbons (Fsp3) is 0.926. The number of nitrogens with zero attached hydrogens (tertiary/aromatic N) is 3. The van der Waals surface area contributed by atoms with Crippen molar-refractivity contribution in [3.8, 4) is 0 Å². The van der Waals surface area contributed by atoms with E-state index in [9.17, 15) is 18.0 Å². The molecule has 0 radical (unpaired) electrons. The first-order valence-corrected chi connectivity index (χ1v) is 16.6. The first-order valence-electron chi connectivity index (χ1n) is 15.1. The number of amides is 3. The van der Waals surface area contributed by atoms with Crippen LogP contribution < -0.4 is 16.1 Å². The minimum atomic E-state index is -3.31. The predicted octanol–water partition coefficient (Wildman–Crippen LogP) is 1.88. The molecule has 11 heteroatoms. The molecule has 5 rings (SSSR count). The average Bonchev–Trinajstić information content (AvgIpc) is 3.28. The summed E-state index contributed by atoms with van der Waals surface area (Å²) in [4.78, 5) is 27.2.